The standard InChI is InChI=1S/C25H31FN2O4.C16H19NO/c1-4-6-20(18-9-11-19(26)12-10-18)24(30)27-22-8-5-7-21-23(22)32-15-16(2)13-28(25(21)31)17(3)14-29;1-13-6-4-5-7-16(13)18-15-10-8-14(9-11-15)12-17(2)3/h5,7-12,16-17,20,29H,4,6,13-15H2,1-3H3,(H,27,30);4-11H,12H2,1-3H3/t16-,17+,20?;/m1./s1. The first-order valence-electron chi connectivity index (χ1n) is 17.2. The molecule has 0 radical (unpaired) electrons. The van der Waals surface area contributed by atoms with E-state index in [0.717, 1.165) is 35.6 Å². The number of para-hydroxylation sites is 2. The predicted octanol–water partition coefficient (Wildman–Crippen LogP) is 8.05. The number of carbonyl (C=O) groups excluding carboxylic acids is 2. The summed E-state index contributed by atoms with van der Waals surface area (Å²) in [6.45, 7) is 9.47. The minimum atomic E-state index is -0.453. The summed E-state index contributed by atoms with van der Waals surface area (Å²) in [4.78, 5) is 30.3. The fraction of sp³-hybridized carbons (Fsp3) is 0.366. The number of anilines is 1. The fourth-order valence-corrected chi connectivity index (χ4v) is 5.77. The van der Waals surface area contributed by atoms with Crippen LogP contribution in [-0.2, 0) is 11.3 Å². The van der Waals surface area contributed by atoms with Crippen LogP contribution in [0, 0.1) is 18.7 Å². The Balaban J connectivity index is 0.000000263. The van der Waals surface area contributed by atoms with Gasteiger partial charge < -0.3 is 29.7 Å². The number of aliphatic hydroxyl groups is 1. The van der Waals surface area contributed by atoms with E-state index in [-0.39, 0.29) is 36.2 Å². The SMILES string of the molecule is CCCC(C(=O)Nc1cccc2c1OC[C@H](C)CN([C@@H](C)CO)C2=O)c1ccc(F)cc1.Cc1ccccc1Oc1ccc(CN(C)C)cc1. The molecule has 4 aromatic rings. The third-order valence-electron chi connectivity index (χ3n) is 8.49. The molecule has 1 aliphatic rings. The smallest absolute Gasteiger partial charge is 0.258 e. The van der Waals surface area contributed by atoms with E-state index < -0.39 is 5.92 Å². The number of aryl methyl sites for hydroxylation is 1. The predicted molar refractivity (Wildman–Crippen MR) is 196 cm³/mol. The lowest BCUT2D eigenvalue weighted by atomic mass is 9.93. The van der Waals surface area contributed by atoms with Gasteiger partial charge in [0.05, 0.1) is 36.4 Å². The zero-order valence-corrected chi connectivity index (χ0v) is 30.0. The van der Waals surface area contributed by atoms with Gasteiger partial charge >= 0.3 is 0 Å². The topological polar surface area (TPSA) is 91.3 Å². The van der Waals surface area contributed by atoms with Crippen molar-refractivity contribution in [2.45, 2.75) is 59.0 Å². The molecular weight excluding hydrogens is 633 g/mol. The maximum absolute atomic E-state index is 13.4. The summed E-state index contributed by atoms with van der Waals surface area (Å²) < 4.78 is 25.2. The van der Waals surface area contributed by atoms with Crippen LogP contribution in [0.4, 0.5) is 10.1 Å². The molecule has 0 fully saturated rings. The van der Waals surface area contributed by atoms with Crippen LogP contribution in [0.1, 0.15) is 66.6 Å². The van der Waals surface area contributed by atoms with Crippen LogP contribution >= 0.6 is 0 Å². The van der Waals surface area contributed by atoms with Crippen LogP contribution in [0.3, 0.4) is 0 Å². The zero-order valence-electron chi connectivity index (χ0n) is 30.0. The molecule has 266 valence electrons. The molecule has 50 heavy (non-hydrogen) atoms. The Kier molecular flexibility index (Phi) is 13.9. The third kappa shape index (κ3) is 10.4. The number of benzene rings is 4. The van der Waals surface area contributed by atoms with E-state index in [9.17, 15) is 19.1 Å². The number of carbonyl (C=O) groups is 2. The Bertz CT molecular complexity index is 1690. The van der Waals surface area contributed by atoms with E-state index >= 15 is 0 Å². The van der Waals surface area contributed by atoms with E-state index in [0.29, 0.717) is 36.6 Å². The highest BCUT2D eigenvalue weighted by Gasteiger charge is 2.30. The largest absolute Gasteiger partial charge is 0.490 e. The van der Waals surface area contributed by atoms with Gasteiger partial charge in [0.25, 0.3) is 5.91 Å². The molecule has 1 unspecified atom stereocenters. The third-order valence-corrected chi connectivity index (χ3v) is 8.49. The molecule has 0 bridgehead atoms. The molecule has 3 atom stereocenters. The Hall–Kier alpha value is -4.73. The van der Waals surface area contributed by atoms with Crippen molar-refractivity contribution in [2.24, 2.45) is 5.92 Å². The van der Waals surface area contributed by atoms with Crippen LogP contribution in [0.15, 0.2) is 91.0 Å². The minimum Gasteiger partial charge on any atom is -0.490 e. The van der Waals surface area contributed by atoms with Gasteiger partial charge in [0.15, 0.2) is 5.75 Å². The number of hydrogen-bond acceptors (Lipinski definition) is 6. The molecule has 2 N–H and O–H groups in total. The average molecular weight is 684 g/mol. The highest BCUT2D eigenvalue weighted by molar-refractivity contribution is 6.02. The van der Waals surface area contributed by atoms with Gasteiger partial charge in [0, 0.05) is 19.0 Å². The van der Waals surface area contributed by atoms with Crippen LogP contribution < -0.4 is 14.8 Å². The van der Waals surface area contributed by atoms with Gasteiger partial charge in [0.2, 0.25) is 5.91 Å². The van der Waals surface area contributed by atoms with E-state index in [1.165, 1.54) is 17.7 Å². The number of halogens is 1. The molecule has 2 amide bonds. The van der Waals surface area contributed by atoms with Gasteiger partial charge in [-0.15, -0.1) is 0 Å². The Morgan fingerprint density at radius 1 is 1.04 bits per heavy atom. The second kappa shape index (κ2) is 18.3. The number of amides is 2. The number of nitrogens with one attached hydrogen (secondary N) is 1. The summed E-state index contributed by atoms with van der Waals surface area (Å²) >= 11 is 0. The van der Waals surface area contributed by atoms with Gasteiger partial charge in [-0.2, -0.15) is 0 Å². The van der Waals surface area contributed by atoms with E-state index in [1.54, 1.807) is 42.2 Å². The normalized spacial score (nSPS) is 15.4. The van der Waals surface area contributed by atoms with Crippen molar-refractivity contribution in [1.29, 1.82) is 0 Å². The van der Waals surface area contributed by atoms with Crippen LogP contribution in [0.2, 0.25) is 0 Å². The summed E-state index contributed by atoms with van der Waals surface area (Å²) in [5.74, 6) is 0.900. The van der Waals surface area contributed by atoms with Gasteiger partial charge in [-0.3, -0.25) is 9.59 Å². The second-order valence-electron chi connectivity index (χ2n) is 13.2. The summed E-state index contributed by atoms with van der Waals surface area (Å²) in [5.41, 5.74) is 3.95. The first kappa shape index (κ1) is 38.1. The van der Waals surface area contributed by atoms with Crippen molar-refractivity contribution in [1.82, 2.24) is 9.80 Å². The highest BCUT2D eigenvalue weighted by Crippen LogP contribution is 2.34. The molecule has 9 heteroatoms. The van der Waals surface area contributed by atoms with Gasteiger partial charge in [-0.05, 0) is 93.5 Å². The number of aliphatic hydroxyl groups excluding tert-OH is 1. The number of ether oxygens (including phenoxy) is 2. The lowest BCUT2D eigenvalue weighted by Crippen LogP contribution is -2.45. The van der Waals surface area contributed by atoms with E-state index in [4.69, 9.17) is 9.47 Å². The van der Waals surface area contributed by atoms with Crippen LogP contribution in [0.5, 0.6) is 17.2 Å². The maximum Gasteiger partial charge on any atom is 0.258 e. The molecule has 1 heterocycles. The van der Waals surface area contributed by atoms with Gasteiger partial charge in [0.1, 0.15) is 17.3 Å². The van der Waals surface area contributed by atoms with Crippen molar-refractivity contribution in [3.63, 3.8) is 0 Å². The lowest BCUT2D eigenvalue weighted by Gasteiger charge is -2.33. The number of rotatable bonds is 11. The Morgan fingerprint density at radius 3 is 2.38 bits per heavy atom. The molecule has 0 aliphatic carbocycles. The fourth-order valence-electron chi connectivity index (χ4n) is 5.77. The van der Waals surface area contributed by atoms with Crippen molar-refractivity contribution in [3.8, 4) is 17.2 Å². The number of hydrogen-bond donors (Lipinski definition) is 2. The van der Waals surface area contributed by atoms with Crippen molar-refractivity contribution < 1.29 is 28.6 Å². The lowest BCUT2D eigenvalue weighted by molar-refractivity contribution is -0.117. The molecule has 5 rings (SSSR count). The van der Waals surface area contributed by atoms with Crippen molar-refractivity contribution in [2.75, 3.05) is 39.2 Å². The first-order chi connectivity index (χ1) is 24.0. The summed E-state index contributed by atoms with van der Waals surface area (Å²) in [6, 6.07) is 27.0. The van der Waals surface area contributed by atoms with E-state index in [2.05, 4.69) is 49.4 Å². The summed E-state index contributed by atoms with van der Waals surface area (Å²) in [6.07, 6.45) is 1.38. The molecule has 0 saturated carbocycles. The van der Waals surface area contributed by atoms with Crippen molar-refractivity contribution >= 4 is 17.5 Å². The summed E-state index contributed by atoms with van der Waals surface area (Å²) in [7, 11) is 4.13. The molecule has 8 nitrogen and oxygen atoms in total. The molecule has 1 aliphatic heterocycles. The van der Waals surface area contributed by atoms with Crippen molar-refractivity contribution in [3.05, 3.63) is 119 Å². The number of fused-ring (bicyclic) bond motifs is 1. The summed E-state index contributed by atoms with van der Waals surface area (Å²) in [5, 5.41) is 12.5. The minimum absolute atomic E-state index is 0.0527. The zero-order chi connectivity index (χ0) is 36.2. The van der Waals surface area contributed by atoms with Gasteiger partial charge in [-0.25, -0.2) is 4.39 Å². The second-order valence-corrected chi connectivity index (χ2v) is 13.2. The maximum atomic E-state index is 13.4. The Labute approximate surface area is 295 Å². The monoisotopic (exact) mass is 683 g/mol. The number of nitrogens with zero attached hydrogens (tertiary/aromatic N) is 2. The van der Waals surface area contributed by atoms with Crippen LogP contribution in [0.25, 0.3) is 0 Å². The first-order valence-corrected chi connectivity index (χ1v) is 17.2. The molecule has 0 spiro atoms. The quantitative estimate of drug-likeness (QED) is 0.166. The highest BCUT2D eigenvalue weighted by atomic mass is 19.1. The molecule has 0 saturated heterocycles. The van der Waals surface area contributed by atoms with Crippen LogP contribution in [-0.4, -0.2) is 66.6 Å². The Morgan fingerprint density at radius 2 is 1.74 bits per heavy atom. The molecule has 4 aromatic carbocycles. The van der Waals surface area contributed by atoms with Gasteiger partial charge in [-0.1, -0.05) is 68.8 Å². The molecule has 0 aromatic heterocycles. The average Bonchev–Trinajstić information content (AvgIpc) is 3.10. The van der Waals surface area contributed by atoms with E-state index in [1.807, 2.05) is 44.2 Å². The molecular formula is C41H50FN3O5.